The molecule has 1 saturated heterocycles. The molecule has 1 fully saturated rings. The molecule has 2 aliphatic heterocycles. The van der Waals surface area contributed by atoms with E-state index in [1.165, 1.54) is 0 Å². The average molecular weight is 404 g/mol. The minimum absolute atomic E-state index is 0.00887. The van der Waals surface area contributed by atoms with Gasteiger partial charge < -0.3 is 19.5 Å². The summed E-state index contributed by atoms with van der Waals surface area (Å²) in [4.78, 5) is 32.8. The molecule has 1 aromatic rings. The van der Waals surface area contributed by atoms with Crippen LogP contribution in [0.3, 0.4) is 0 Å². The number of furan rings is 1. The molecule has 0 bridgehead atoms. The second kappa shape index (κ2) is 7.84. The number of amides is 2. The molecule has 1 spiro atoms. The Hall–Kier alpha value is -2.31. The number of hydrogen-bond acceptors (Lipinski definition) is 5. The van der Waals surface area contributed by atoms with Crippen molar-refractivity contribution in [3.8, 4) is 0 Å². The fourth-order valence-electron chi connectivity index (χ4n) is 3.66. The van der Waals surface area contributed by atoms with Crippen molar-refractivity contribution >= 4 is 17.5 Å². The fourth-order valence-corrected chi connectivity index (χ4v) is 3.66. The number of carbonyl (C=O) groups is 2. The summed E-state index contributed by atoms with van der Waals surface area (Å²) in [6.07, 6.45) is 1.82. The molecule has 3 rings (SSSR count). The highest BCUT2D eigenvalue weighted by atomic mass is 16.7. The first kappa shape index (κ1) is 21.4. The van der Waals surface area contributed by atoms with Crippen molar-refractivity contribution in [3.05, 3.63) is 23.2 Å². The first-order valence-electron chi connectivity index (χ1n) is 10.4. The number of hydrogen-bond donors (Lipinski definition) is 1. The molecule has 1 aromatic heterocycles. The lowest BCUT2D eigenvalue weighted by Gasteiger charge is -2.37. The van der Waals surface area contributed by atoms with E-state index in [4.69, 9.17) is 9.25 Å². The van der Waals surface area contributed by atoms with Crippen molar-refractivity contribution in [2.24, 2.45) is 11.1 Å². The van der Waals surface area contributed by atoms with Gasteiger partial charge in [-0.25, -0.2) is 0 Å². The van der Waals surface area contributed by atoms with Gasteiger partial charge in [-0.15, -0.1) is 0 Å². The fraction of sp³-hybridized carbons (Fsp3) is 0.682. The number of likely N-dealkylation sites (tertiary alicyclic amines) is 1. The quantitative estimate of drug-likeness (QED) is 0.835. The summed E-state index contributed by atoms with van der Waals surface area (Å²) in [5, 5.41) is 6.94. The molecule has 7 nitrogen and oxygen atoms in total. The van der Waals surface area contributed by atoms with Gasteiger partial charge in [0.05, 0.1) is 5.56 Å². The van der Waals surface area contributed by atoms with Crippen LogP contribution in [-0.4, -0.2) is 47.7 Å². The van der Waals surface area contributed by atoms with Crippen LogP contribution in [0.2, 0.25) is 0 Å². The molecule has 0 saturated carbocycles. The number of rotatable bonds is 4. The Morgan fingerprint density at radius 2 is 1.93 bits per heavy atom. The molecule has 2 amide bonds. The van der Waals surface area contributed by atoms with Gasteiger partial charge in [0, 0.05) is 44.3 Å². The zero-order valence-electron chi connectivity index (χ0n) is 18.4. The highest BCUT2D eigenvalue weighted by molar-refractivity contribution is 6.39. The lowest BCUT2D eigenvalue weighted by molar-refractivity contribution is -0.115. The summed E-state index contributed by atoms with van der Waals surface area (Å²) in [6.45, 7) is 13.9. The molecular weight excluding hydrogens is 370 g/mol. The van der Waals surface area contributed by atoms with E-state index in [1.807, 2.05) is 31.7 Å². The van der Waals surface area contributed by atoms with Crippen molar-refractivity contribution in [1.29, 1.82) is 0 Å². The van der Waals surface area contributed by atoms with Crippen molar-refractivity contribution < 1.29 is 18.8 Å². The van der Waals surface area contributed by atoms with Crippen LogP contribution < -0.4 is 5.32 Å². The maximum Gasteiger partial charge on any atom is 0.269 e. The number of aryl methyl sites for hydroxylation is 1. The van der Waals surface area contributed by atoms with E-state index < -0.39 is 5.60 Å². The van der Waals surface area contributed by atoms with E-state index in [0.29, 0.717) is 61.9 Å². The standard InChI is InChI=1S/C22H33N3O4/c1-14(2)13-23-19(26)17-12-22(29-24-17)7-9-25(10-8-22)20(27)16-11-18(21(4,5)6)28-15(16)3/h11,14H,7-10,12-13H2,1-6H3,(H,23,26). The van der Waals surface area contributed by atoms with Gasteiger partial charge in [-0.05, 0) is 18.9 Å². The Bertz CT molecular complexity index is 809. The van der Waals surface area contributed by atoms with Gasteiger partial charge in [0.1, 0.15) is 22.8 Å². The van der Waals surface area contributed by atoms with Crippen molar-refractivity contribution in [2.75, 3.05) is 19.6 Å². The first-order valence-corrected chi connectivity index (χ1v) is 10.4. The third-order valence-electron chi connectivity index (χ3n) is 5.62. The summed E-state index contributed by atoms with van der Waals surface area (Å²) >= 11 is 0. The first-order chi connectivity index (χ1) is 13.5. The van der Waals surface area contributed by atoms with Crippen LogP contribution in [-0.2, 0) is 15.0 Å². The third kappa shape index (κ3) is 4.65. The maximum absolute atomic E-state index is 13.0. The second-order valence-electron chi connectivity index (χ2n) is 9.72. The van der Waals surface area contributed by atoms with Crippen LogP contribution in [0.25, 0.3) is 0 Å². The molecule has 0 atom stereocenters. The molecule has 3 heterocycles. The van der Waals surface area contributed by atoms with Crippen molar-refractivity contribution in [1.82, 2.24) is 10.2 Å². The molecular formula is C22H33N3O4. The van der Waals surface area contributed by atoms with Crippen LogP contribution in [0.5, 0.6) is 0 Å². The van der Waals surface area contributed by atoms with E-state index in [-0.39, 0.29) is 17.2 Å². The molecule has 160 valence electrons. The van der Waals surface area contributed by atoms with Gasteiger partial charge in [0.2, 0.25) is 0 Å². The number of oxime groups is 1. The maximum atomic E-state index is 13.0. The number of carbonyl (C=O) groups excluding carboxylic acids is 2. The monoisotopic (exact) mass is 403 g/mol. The Morgan fingerprint density at radius 1 is 1.28 bits per heavy atom. The van der Waals surface area contributed by atoms with Crippen LogP contribution >= 0.6 is 0 Å². The molecule has 0 radical (unpaired) electrons. The highest BCUT2D eigenvalue weighted by Crippen LogP contribution is 2.36. The normalized spacial score (nSPS) is 18.7. The summed E-state index contributed by atoms with van der Waals surface area (Å²) < 4.78 is 5.83. The van der Waals surface area contributed by atoms with Crippen LogP contribution in [0.1, 0.15) is 75.8 Å². The van der Waals surface area contributed by atoms with E-state index in [1.54, 1.807) is 0 Å². The number of nitrogens with zero attached hydrogens (tertiary/aromatic N) is 2. The minimum atomic E-state index is -0.469. The molecule has 2 aliphatic rings. The molecule has 0 unspecified atom stereocenters. The summed E-state index contributed by atoms with van der Waals surface area (Å²) in [5.41, 5.74) is 0.467. The van der Waals surface area contributed by atoms with E-state index >= 15 is 0 Å². The van der Waals surface area contributed by atoms with E-state index in [9.17, 15) is 9.59 Å². The van der Waals surface area contributed by atoms with Crippen molar-refractivity contribution in [3.63, 3.8) is 0 Å². The smallest absolute Gasteiger partial charge is 0.269 e. The topological polar surface area (TPSA) is 84.1 Å². The van der Waals surface area contributed by atoms with Gasteiger partial charge >= 0.3 is 0 Å². The third-order valence-corrected chi connectivity index (χ3v) is 5.62. The van der Waals surface area contributed by atoms with Gasteiger partial charge in [0.25, 0.3) is 11.8 Å². The summed E-state index contributed by atoms with van der Waals surface area (Å²) in [7, 11) is 0. The Balaban J connectivity index is 1.58. The van der Waals surface area contributed by atoms with Crippen LogP contribution in [0.15, 0.2) is 15.6 Å². The lowest BCUT2D eigenvalue weighted by atomic mass is 9.86. The Kier molecular flexibility index (Phi) is 5.79. The summed E-state index contributed by atoms with van der Waals surface area (Å²) in [5.74, 6) is 1.69. The number of nitrogens with one attached hydrogen (secondary N) is 1. The highest BCUT2D eigenvalue weighted by Gasteiger charge is 2.44. The van der Waals surface area contributed by atoms with E-state index in [2.05, 4.69) is 31.2 Å². The van der Waals surface area contributed by atoms with Gasteiger partial charge in [0.15, 0.2) is 0 Å². The minimum Gasteiger partial charge on any atom is -0.465 e. The molecule has 0 aliphatic carbocycles. The largest absolute Gasteiger partial charge is 0.465 e. The predicted molar refractivity (Wildman–Crippen MR) is 111 cm³/mol. The second-order valence-corrected chi connectivity index (χ2v) is 9.72. The molecule has 29 heavy (non-hydrogen) atoms. The zero-order chi connectivity index (χ0) is 21.4. The van der Waals surface area contributed by atoms with Crippen LogP contribution in [0.4, 0.5) is 0 Å². The average Bonchev–Trinajstić information content (AvgIpc) is 3.24. The van der Waals surface area contributed by atoms with Crippen LogP contribution in [0, 0.1) is 12.8 Å². The van der Waals surface area contributed by atoms with E-state index in [0.717, 1.165) is 5.76 Å². The molecule has 7 heteroatoms. The predicted octanol–water partition coefficient (Wildman–Crippen LogP) is 3.41. The lowest BCUT2D eigenvalue weighted by Crippen LogP contribution is -2.47. The van der Waals surface area contributed by atoms with Gasteiger partial charge in [-0.2, -0.15) is 0 Å². The SMILES string of the molecule is Cc1oc(C(C)(C)C)cc1C(=O)N1CCC2(CC1)CC(C(=O)NCC(C)C)=NO2. The Morgan fingerprint density at radius 3 is 2.48 bits per heavy atom. The van der Waals surface area contributed by atoms with Gasteiger partial charge in [-0.1, -0.05) is 39.8 Å². The number of piperidine rings is 1. The molecule has 0 aromatic carbocycles. The van der Waals surface area contributed by atoms with Gasteiger partial charge in [-0.3, -0.25) is 9.59 Å². The Labute approximate surface area is 172 Å². The zero-order valence-corrected chi connectivity index (χ0v) is 18.4. The molecule has 1 N–H and O–H groups in total. The summed E-state index contributed by atoms with van der Waals surface area (Å²) in [6, 6.07) is 1.87. The van der Waals surface area contributed by atoms with Crippen molar-refractivity contribution in [2.45, 2.75) is 71.8 Å².